The van der Waals surface area contributed by atoms with Gasteiger partial charge in [0.15, 0.2) is 0 Å². The number of Topliss-reactive ketones (excluding diaryl/α,β-unsaturated/α-hetero) is 1. The highest BCUT2D eigenvalue weighted by Crippen LogP contribution is 2.42. The van der Waals surface area contributed by atoms with E-state index in [0.29, 0.717) is 12.2 Å². The van der Waals surface area contributed by atoms with Gasteiger partial charge < -0.3 is 24.4 Å². The van der Waals surface area contributed by atoms with E-state index >= 15 is 0 Å². The Labute approximate surface area is 204 Å². The van der Waals surface area contributed by atoms with Gasteiger partial charge in [-0.1, -0.05) is 12.1 Å². The van der Waals surface area contributed by atoms with E-state index in [4.69, 9.17) is 9.47 Å². The van der Waals surface area contributed by atoms with Crippen molar-refractivity contribution in [3.05, 3.63) is 65.0 Å². The summed E-state index contributed by atoms with van der Waals surface area (Å²) in [6, 6.07) is 10.5. The molecule has 2 unspecified atom stereocenters. The second-order valence-electron chi connectivity index (χ2n) is 8.69. The third kappa shape index (κ3) is 4.75. The van der Waals surface area contributed by atoms with Gasteiger partial charge in [-0.05, 0) is 62.6 Å². The normalized spacial score (nSPS) is 21.5. The minimum Gasteiger partial charge on any atom is -0.507 e. The monoisotopic (exact) mass is 482 g/mol. The number of methoxy groups -OCH3 is 1. The minimum absolute atomic E-state index is 0.0207. The van der Waals surface area contributed by atoms with Crippen molar-refractivity contribution in [1.82, 2.24) is 4.90 Å². The molecule has 186 valence electrons. The molecule has 0 bridgehead atoms. The van der Waals surface area contributed by atoms with E-state index < -0.39 is 29.3 Å². The van der Waals surface area contributed by atoms with Crippen LogP contribution in [0.2, 0.25) is 0 Å². The lowest BCUT2D eigenvalue weighted by atomic mass is 9.94. The van der Waals surface area contributed by atoms with Gasteiger partial charge in [0.2, 0.25) is 0 Å². The number of rotatable bonds is 8. The predicted octanol–water partition coefficient (Wildman–Crippen LogP) is 4.28. The molecule has 0 spiro atoms. The summed E-state index contributed by atoms with van der Waals surface area (Å²) in [5, 5.41) is 11.3. The lowest BCUT2D eigenvalue weighted by molar-refractivity contribution is -0.140. The number of aliphatic hydroxyl groups excluding tert-OH is 1. The van der Waals surface area contributed by atoms with Crippen LogP contribution >= 0.6 is 0 Å². The fraction of sp³-hybridized carbons (Fsp3) is 0.407. The van der Waals surface area contributed by atoms with Gasteiger partial charge in [-0.15, -0.1) is 0 Å². The lowest BCUT2D eigenvalue weighted by Crippen LogP contribution is -2.36. The van der Waals surface area contributed by atoms with Gasteiger partial charge in [0.1, 0.15) is 17.3 Å². The average molecular weight is 483 g/mol. The number of nitrogens with zero attached hydrogens (tertiary/aromatic N) is 2. The largest absolute Gasteiger partial charge is 0.507 e. The Morgan fingerprint density at radius 3 is 2.49 bits per heavy atom. The smallest absolute Gasteiger partial charge is 0.295 e. The molecular formula is C27H31FN2O5. The Balaban J connectivity index is 1.84. The molecule has 0 saturated carbocycles. The molecule has 0 aromatic heterocycles. The average Bonchev–Trinajstić information content (AvgIpc) is 3.47. The summed E-state index contributed by atoms with van der Waals surface area (Å²) in [5.74, 6) is -2.39. The molecule has 7 nitrogen and oxygen atoms in total. The summed E-state index contributed by atoms with van der Waals surface area (Å²) in [4.78, 5) is 30.1. The van der Waals surface area contributed by atoms with Gasteiger partial charge in [-0.25, -0.2) is 4.39 Å². The van der Waals surface area contributed by atoms with Gasteiger partial charge in [0.05, 0.1) is 30.4 Å². The van der Waals surface area contributed by atoms with Crippen molar-refractivity contribution in [2.45, 2.75) is 38.8 Å². The van der Waals surface area contributed by atoms with Crippen LogP contribution in [-0.2, 0) is 14.3 Å². The fourth-order valence-electron chi connectivity index (χ4n) is 4.89. The summed E-state index contributed by atoms with van der Waals surface area (Å²) < 4.78 is 25.1. The SMILES string of the molecule is CCN(CC)c1ccc(C2/C(=C(\O)c3cc(F)ccc3OC)C(=O)C(=O)N2CC2CCCO2)cc1. The third-order valence-corrected chi connectivity index (χ3v) is 6.72. The molecule has 2 aliphatic rings. The van der Waals surface area contributed by atoms with E-state index in [9.17, 15) is 19.1 Å². The van der Waals surface area contributed by atoms with E-state index in [0.717, 1.165) is 37.7 Å². The Morgan fingerprint density at radius 2 is 1.89 bits per heavy atom. The quantitative estimate of drug-likeness (QED) is 0.344. The first-order valence-electron chi connectivity index (χ1n) is 12.0. The number of carbonyl (C=O) groups is 2. The van der Waals surface area contributed by atoms with Gasteiger partial charge in [-0.2, -0.15) is 0 Å². The van der Waals surface area contributed by atoms with Crippen LogP contribution in [0.5, 0.6) is 5.75 Å². The minimum atomic E-state index is -0.835. The Morgan fingerprint density at radius 1 is 1.17 bits per heavy atom. The van der Waals surface area contributed by atoms with Gasteiger partial charge in [0, 0.05) is 31.9 Å². The molecule has 2 aromatic rings. The predicted molar refractivity (Wildman–Crippen MR) is 131 cm³/mol. The highest BCUT2D eigenvalue weighted by atomic mass is 19.1. The number of hydrogen-bond acceptors (Lipinski definition) is 6. The summed E-state index contributed by atoms with van der Waals surface area (Å²) in [7, 11) is 1.39. The van der Waals surface area contributed by atoms with Crippen LogP contribution in [0, 0.1) is 5.82 Å². The van der Waals surface area contributed by atoms with Crippen molar-refractivity contribution in [2.24, 2.45) is 0 Å². The number of amides is 1. The van der Waals surface area contributed by atoms with E-state index in [-0.39, 0.29) is 29.5 Å². The molecule has 0 radical (unpaired) electrons. The van der Waals surface area contributed by atoms with Crippen LogP contribution in [0.3, 0.4) is 0 Å². The van der Waals surface area contributed by atoms with Crippen molar-refractivity contribution in [1.29, 1.82) is 0 Å². The van der Waals surface area contributed by atoms with Crippen LogP contribution in [0.4, 0.5) is 10.1 Å². The Bertz CT molecular complexity index is 1120. The Hall–Kier alpha value is -3.39. The van der Waals surface area contributed by atoms with Crippen LogP contribution in [0.1, 0.15) is 43.9 Å². The first kappa shape index (κ1) is 24.7. The summed E-state index contributed by atoms with van der Waals surface area (Å²) >= 11 is 0. The number of halogens is 1. The van der Waals surface area contributed by atoms with Crippen LogP contribution in [0.25, 0.3) is 5.76 Å². The van der Waals surface area contributed by atoms with Crippen LogP contribution in [0.15, 0.2) is 48.0 Å². The second-order valence-corrected chi connectivity index (χ2v) is 8.69. The summed E-state index contributed by atoms with van der Waals surface area (Å²) in [5.41, 5.74) is 1.62. The highest BCUT2D eigenvalue weighted by Gasteiger charge is 2.47. The van der Waals surface area contributed by atoms with Crippen molar-refractivity contribution in [3.8, 4) is 5.75 Å². The Kier molecular flexibility index (Phi) is 7.40. The van der Waals surface area contributed by atoms with E-state index in [1.165, 1.54) is 24.1 Å². The maximum Gasteiger partial charge on any atom is 0.295 e. The zero-order valence-electron chi connectivity index (χ0n) is 20.3. The van der Waals surface area contributed by atoms with Crippen LogP contribution < -0.4 is 9.64 Å². The number of likely N-dealkylation sites (tertiary alicyclic amines) is 1. The standard InChI is InChI=1S/C27H31FN2O5/c1-4-29(5-2)19-11-8-17(9-12-19)24-23(25(31)21-15-18(28)10-13-22(21)34-3)26(32)27(33)30(24)16-20-7-6-14-35-20/h8-13,15,20,24,31H,4-7,14,16H2,1-3H3/b25-23+. The van der Waals surface area contributed by atoms with E-state index in [1.807, 2.05) is 24.3 Å². The first-order valence-corrected chi connectivity index (χ1v) is 12.0. The molecule has 1 N–H and O–H groups in total. The van der Waals surface area contributed by atoms with Gasteiger partial charge in [-0.3, -0.25) is 9.59 Å². The fourth-order valence-corrected chi connectivity index (χ4v) is 4.89. The van der Waals surface area contributed by atoms with E-state index in [2.05, 4.69) is 18.7 Å². The lowest BCUT2D eigenvalue weighted by Gasteiger charge is -2.28. The molecule has 4 rings (SSSR count). The van der Waals surface area contributed by atoms with E-state index in [1.54, 1.807) is 0 Å². The molecule has 2 heterocycles. The number of hydrogen-bond donors (Lipinski definition) is 1. The number of carbonyl (C=O) groups excluding carboxylic acids is 2. The molecular weight excluding hydrogens is 451 g/mol. The topological polar surface area (TPSA) is 79.3 Å². The number of aliphatic hydroxyl groups is 1. The summed E-state index contributed by atoms with van der Waals surface area (Å²) in [6.07, 6.45) is 1.49. The maximum absolute atomic E-state index is 14.1. The molecule has 2 saturated heterocycles. The number of ether oxygens (including phenoxy) is 2. The van der Waals surface area contributed by atoms with Gasteiger partial charge in [0.25, 0.3) is 11.7 Å². The van der Waals surface area contributed by atoms with Crippen molar-refractivity contribution in [3.63, 3.8) is 0 Å². The number of benzene rings is 2. The number of anilines is 1. The molecule has 35 heavy (non-hydrogen) atoms. The third-order valence-electron chi connectivity index (χ3n) is 6.72. The molecule has 2 aliphatic heterocycles. The van der Waals surface area contributed by atoms with Gasteiger partial charge >= 0.3 is 0 Å². The second kappa shape index (κ2) is 10.5. The first-order chi connectivity index (χ1) is 16.9. The zero-order chi connectivity index (χ0) is 25.1. The van der Waals surface area contributed by atoms with Crippen molar-refractivity contribution in [2.75, 3.05) is 38.3 Å². The molecule has 8 heteroatoms. The molecule has 0 aliphatic carbocycles. The molecule has 2 atom stereocenters. The molecule has 2 aromatic carbocycles. The molecule has 2 fully saturated rings. The molecule has 1 amide bonds. The zero-order valence-corrected chi connectivity index (χ0v) is 20.3. The number of ketones is 1. The van der Waals surface area contributed by atoms with Crippen molar-refractivity contribution >= 4 is 23.1 Å². The van der Waals surface area contributed by atoms with Crippen molar-refractivity contribution < 1.29 is 28.6 Å². The summed E-state index contributed by atoms with van der Waals surface area (Å²) in [6.45, 7) is 6.66. The highest BCUT2D eigenvalue weighted by molar-refractivity contribution is 6.46. The van der Waals surface area contributed by atoms with Crippen LogP contribution in [-0.4, -0.2) is 61.2 Å². The maximum atomic E-state index is 14.1.